The summed E-state index contributed by atoms with van der Waals surface area (Å²) in [6.07, 6.45) is 0.906. The Bertz CT molecular complexity index is 418. The van der Waals surface area contributed by atoms with Gasteiger partial charge in [0, 0.05) is 18.2 Å². The van der Waals surface area contributed by atoms with Crippen molar-refractivity contribution in [1.82, 2.24) is 0 Å². The van der Waals surface area contributed by atoms with Crippen LogP contribution in [0, 0.1) is 24.2 Å². The number of carbonyl (C=O) groups is 1. The minimum atomic E-state index is 0.0604. The molecule has 1 radical (unpaired) electrons. The third-order valence-electron chi connectivity index (χ3n) is 3.47. The molecular formula is C16H22NO. The SMILES string of the molecule is [CH2][C@H]1CN(c2ccccc2)C(=O)[C@@H]1CC(C)(C)C. The summed E-state index contributed by atoms with van der Waals surface area (Å²) in [7, 11) is 0. The summed E-state index contributed by atoms with van der Waals surface area (Å²) in [6.45, 7) is 11.4. The van der Waals surface area contributed by atoms with Crippen molar-refractivity contribution in [3.05, 3.63) is 37.3 Å². The number of para-hydroxylation sites is 1. The van der Waals surface area contributed by atoms with E-state index < -0.39 is 0 Å². The van der Waals surface area contributed by atoms with Crippen LogP contribution in [0.15, 0.2) is 30.3 Å². The summed E-state index contributed by atoms with van der Waals surface area (Å²) in [5, 5.41) is 0. The van der Waals surface area contributed by atoms with E-state index in [0.29, 0.717) is 0 Å². The van der Waals surface area contributed by atoms with Crippen molar-refractivity contribution in [2.24, 2.45) is 17.3 Å². The molecule has 0 saturated carbocycles. The maximum absolute atomic E-state index is 12.5. The summed E-state index contributed by atoms with van der Waals surface area (Å²) in [5.74, 6) is 0.485. The Hall–Kier alpha value is -1.31. The van der Waals surface area contributed by atoms with E-state index in [1.165, 1.54) is 0 Å². The van der Waals surface area contributed by atoms with Crippen molar-refractivity contribution in [3.63, 3.8) is 0 Å². The van der Waals surface area contributed by atoms with Gasteiger partial charge < -0.3 is 4.90 Å². The average molecular weight is 244 g/mol. The van der Waals surface area contributed by atoms with E-state index in [4.69, 9.17) is 0 Å². The third kappa shape index (κ3) is 2.74. The molecule has 0 aromatic heterocycles. The number of benzene rings is 1. The Kier molecular flexibility index (Phi) is 3.47. The molecule has 1 aliphatic rings. The number of carbonyl (C=O) groups excluding carboxylic acids is 1. The number of amides is 1. The second kappa shape index (κ2) is 4.75. The van der Waals surface area contributed by atoms with Crippen molar-refractivity contribution < 1.29 is 4.79 Å². The van der Waals surface area contributed by atoms with E-state index in [-0.39, 0.29) is 23.2 Å². The third-order valence-corrected chi connectivity index (χ3v) is 3.47. The second-order valence-corrected chi connectivity index (χ2v) is 6.42. The molecule has 1 fully saturated rings. The van der Waals surface area contributed by atoms with Crippen LogP contribution in [0.25, 0.3) is 0 Å². The standard InChI is InChI=1S/C16H22NO/c1-12-11-17(13-8-6-5-7-9-13)15(18)14(12)10-16(2,3)4/h5-9,12,14H,1,10-11H2,2-4H3/t12-,14+/m0/s1. The Morgan fingerprint density at radius 2 is 1.89 bits per heavy atom. The van der Waals surface area contributed by atoms with Crippen LogP contribution in [-0.4, -0.2) is 12.5 Å². The first-order valence-corrected chi connectivity index (χ1v) is 6.58. The van der Waals surface area contributed by atoms with Gasteiger partial charge >= 0.3 is 0 Å². The predicted molar refractivity (Wildman–Crippen MR) is 75.2 cm³/mol. The number of rotatable bonds is 2. The van der Waals surface area contributed by atoms with Crippen molar-refractivity contribution in [2.45, 2.75) is 27.2 Å². The van der Waals surface area contributed by atoms with Crippen LogP contribution in [0.1, 0.15) is 27.2 Å². The van der Waals surface area contributed by atoms with E-state index in [1.807, 2.05) is 35.2 Å². The zero-order chi connectivity index (χ0) is 13.3. The molecule has 1 aromatic carbocycles. The van der Waals surface area contributed by atoms with Crippen LogP contribution in [0.2, 0.25) is 0 Å². The van der Waals surface area contributed by atoms with Gasteiger partial charge in [-0.15, -0.1) is 0 Å². The van der Waals surface area contributed by atoms with Crippen LogP contribution in [0.4, 0.5) is 5.69 Å². The van der Waals surface area contributed by atoms with E-state index in [2.05, 4.69) is 27.7 Å². The minimum absolute atomic E-state index is 0.0604. The van der Waals surface area contributed by atoms with Crippen LogP contribution >= 0.6 is 0 Å². The molecule has 1 aliphatic heterocycles. The van der Waals surface area contributed by atoms with Gasteiger partial charge in [-0.05, 0) is 36.8 Å². The highest BCUT2D eigenvalue weighted by Crippen LogP contribution is 2.36. The molecule has 0 bridgehead atoms. The quantitative estimate of drug-likeness (QED) is 0.779. The van der Waals surface area contributed by atoms with Gasteiger partial charge in [-0.3, -0.25) is 4.79 Å². The highest BCUT2D eigenvalue weighted by Gasteiger charge is 2.40. The van der Waals surface area contributed by atoms with Gasteiger partial charge in [-0.2, -0.15) is 0 Å². The lowest BCUT2D eigenvalue weighted by atomic mass is 9.80. The molecule has 1 heterocycles. The molecule has 1 amide bonds. The van der Waals surface area contributed by atoms with Gasteiger partial charge in [-0.1, -0.05) is 39.0 Å². The molecule has 2 rings (SSSR count). The first kappa shape index (κ1) is 13.1. The molecule has 0 spiro atoms. The molecule has 0 N–H and O–H groups in total. The highest BCUT2D eigenvalue weighted by atomic mass is 16.2. The number of anilines is 1. The summed E-state index contributed by atoms with van der Waals surface area (Å²) >= 11 is 0. The van der Waals surface area contributed by atoms with Crippen LogP contribution in [-0.2, 0) is 4.79 Å². The van der Waals surface area contributed by atoms with Gasteiger partial charge in [0.25, 0.3) is 0 Å². The molecule has 97 valence electrons. The molecule has 18 heavy (non-hydrogen) atoms. The van der Waals surface area contributed by atoms with Crippen LogP contribution < -0.4 is 4.90 Å². The van der Waals surface area contributed by atoms with E-state index >= 15 is 0 Å². The first-order valence-electron chi connectivity index (χ1n) is 6.58. The topological polar surface area (TPSA) is 20.3 Å². The van der Waals surface area contributed by atoms with E-state index in [1.54, 1.807) is 0 Å². The minimum Gasteiger partial charge on any atom is -0.312 e. The van der Waals surface area contributed by atoms with E-state index in [9.17, 15) is 4.79 Å². The monoisotopic (exact) mass is 244 g/mol. The second-order valence-electron chi connectivity index (χ2n) is 6.42. The summed E-state index contributed by atoms with van der Waals surface area (Å²) < 4.78 is 0. The Labute approximate surface area is 110 Å². The first-order chi connectivity index (χ1) is 8.38. The Balaban J connectivity index is 2.17. The van der Waals surface area contributed by atoms with Gasteiger partial charge in [0.2, 0.25) is 5.91 Å². The summed E-state index contributed by atoms with van der Waals surface area (Å²) in [4.78, 5) is 14.4. The fourth-order valence-corrected chi connectivity index (χ4v) is 2.61. The molecule has 2 nitrogen and oxygen atoms in total. The highest BCUT2D eigenvalue weighted by molar-refractivity contribution is 5.97. The molecule has 1 saturated heterocycles. The van der Waals surface area contributed by atoms with Gasteiger partial charge in [-0.25, -0.2) is 0 Å². The lowest BCUT2D eigenvalue weighted by molar-refractivity contribution is -0.121. The van der Waals surface area contributed by atoms with Crippen molar-refractivity contribution in [2.75, 3.05) is 11.4 Å². The smallest absolute Gasteiger partial charge is 0.230 e. The molecule has 0 unspecified atom stereocenters. The molecule has 0 aliphatic carbocycles. The maximum Gasteiger partial charge on any atom is 0.230 e. The summed E-state index contributed by atoms with van der Waals surface area (Å²) in [6, 6.07) is 9.89. The number of nitrogens with zero attached hydrogens (tertiary/aromatic N) is 1. The largest absolute Gasteiger partial charge is 0.312 e. The lowest BCUT2D eigenvalue weighted by Crippen LogP contribution is -2.28. The molecular weight excluding hydrogens is 222 g/mol. The van der Waals surface area contributed by atoms with Crippen molar-refractivity contribution in [1.29, 1.82) is 0 Å². The lowest BCUT2D eigenvalue weighted by Gasteiger charge is -2.24. The predicted octanol–water partition coefficient (Wildman–Crippen LogP) is 3.54. The number of hydrogen-bond donors (Lipinski definition) is 0. The maximum atomic E-state index is 12.5. The zero-order valence-electron chi connectivity index (χ0n) is 11.5. The van der Waals surface area contributed by atoms with Crippen molar-refractivity contribution in [3.8, 4) is 0 Å². The van der Waals surface area contributed by atoms with Gasteiger partial charge in [0.1, 0.15) is 0 Å². The van der Waals surface area contributed by atoms with Gasteiger partial charge in [0.15, 0.2) is 0 Å². The Morgan fingerprint density at radius 3 is 2.44 bits per heavy atom. The zero-order valence-corrected chi connectivity index (χ0v) is 11.5. The summed E-state index contributed by atoms with van der Waals surface area (Å²) in [5.41, 5.74) is 1.16. The molecule has 2 heteroatoms. The van der Waals surface area contributed by atoms with Crippen molar-refractivity contribution >= 4 is 11.6 Å². The average Bonchev–Trinajstić information content (AvgIpc) is 2.56. The molecule has 2 atom stereocenters. The fraction of sp³-hybridized carbons (Fsp3) is 0.500. The van der Waals surface area contributed by atoms with E-state index in [0.717, 1.165) is 18.7 Å². The molecule has 1 aromatic rings. The fourth-order valence-electron chi connectivity index (χ4n) is 2.61. The van der Waals surface area contributed by atoms with Crippen LogP contribution in [0.3, 0.4) is 0 Å². The number of hydrogen-bond acceptors (Lipinski definition) is 1. The normalized spacial score (nSPS) is 24.7. The Morgan fingerprint density at radius 1 is 1.28 bits per heavy atom. The van der Waals surface area contributed by atoms with Gasteiger partial charge in [0.05, 0.1) is 0 Å². The van der Waals surface area contributed by atoms with Crippen LogP contribution in [0.5, 0.6) is 0 Å².